The van der Waals surface area contributed by atoms with Crippen LogP contribution in [0.5, 0.6) is 0 Å². The third kappa shape index (κ3) is 4.32. The summed E-state index contributed by atoms with van der Waals surface area (Å²) in [6.45, 7) is 12.7. The van der Waals surface area contributed by atoms with E-state index in [4.69, 9.17) is 4.98 Å². The van der Waals surface area contributed by atoms with Crippen molar-refractivity contribution in [3.8, 4) is 0 Å². The maximum atomic E-state index is 10.2. The first-order valence-electron chi connectivity index (χ1n) is 10.2. The zero-order chi connectivity index (χ0) is 20.3. The average molecular weight is 400 g/mol. The van der Waals surface area contributed by atoms with E-state index in [-0.39, 0.29) is 12.6 Å². The monoisotopic (exact) mass is 399 g/mol. The average Bonchev–Trinajstić information content (AvgIpc) is 2.97. The number of aliphatic hydroxyl groups excluding tert-OH is 1. The fourth-order valence-corrected chi connectivity index (χ4v) is 5.04. The fraction of sp³-hybridized carbons (Fsp3) is 0.522. The van der Waals surface area contributed by atoms with Gasteiger partial charge in [-0.15, -0.1) is 11.3 Å². The van der Waals surface area contributed by atoms with Crippen molar-refractivity contribution in [3.63, 3.8) is 0 Å². The van der Waals surface area contributed by atoms with E-state index in [0.29, 0.717) is 17.9 Å². The fourth-order valence-electron chi connectivity index (χ4n) is 4.01. The van der Waals surface area contributed by atoms with Gasteiger partial charge < -0.3 is 15.3 Å². The van der Waals surface area contributed by atoms with Crippen LogP contribution in [0.1, 0.15) is 48.4 Å². The topological polar surface area (TPSA) is 48.4 Å². The van der Waals surface area contributed by atoms with Crippen LogP contribution in [0.3, 0.4) is 0 Å². The first-order valence-corrected chi connectivity index (χ1v) is 11.0. The highest BCUT2D eigenvalue weighted by Gasteiger charge is 2.49. The lowest BCUT2D eigenvalue weighted by Crippen LogP contribution is -2.67. The van der Waals surface area contributed by atoms with Crippen LogP contribution < -0.4 is 10.2 Å². The zero-order valence-corrected chi connectivity index (χ0v) is 18.5. The van der Waals surface area contributed by atoms with Gasteiger partial charge in [0.2, 0.25) is 0 Å². The molecule has 4 nitrogen and oxygen atoms in total. The van der Waals surface area contributed by atoms with Crippen molar-refractivity contribution in [3.05, 3.63) is 52.0 Å². The number of anilines is 1. The highest BCUT2D eigenvalue weighted by molar-refractivity contribution is 7.15. The molecule has 0 unspecified atom stereocenters. The minimum atomic E-state index is 0.0726. The normalized spacial score (nSPS) is 22.2. The van der Waals surface area contributed by atoms with Crippen LogP contribution in [0.4, 0.5) is 5.13 Å². The third-order valence-corrected chi connectivity index (χ3v) is 6.64. The van der Waals surface area contributed by atoms with E-state index in [0.717, 1.165) is 23.9 Å². The highest BCUT2D eigenvalue weighted by atomic mass is 32.1. The molecule has 2 heterocycles. The molecule has 1 aromatic carbocycles. The smallest absolute Gasteiger partial charge is 0.186 e. The zero-order valence-electron chi connectivity index (χ0n) is 17.6. The molecule has 152 valence electrons. The van der Waals surface area contributed by atoms with Crippen molar-refractivity contribution in [1.29, 1.82) is 0 Å². The Morgan fingerprint density at radius 3 is 2.46 bits per heavy atom. The number of thiazole rings is 1. The quantitative estimate of drug-likeness (QED) is 0.692. The molecule has 0 radical (unpaired) electrons. The standard InChI is InChI=1S/C23H33N3OS/c1-6-7-18-8-10-19(11-9-18)22-20(13-24-12-15(2)3)26(21(22)14-27)23-25-16(4)17(5)28-23/h6-11,15,20-22,24,27H,12-14H2,1-5H3/b7-6+/t20-,21-,22-/m1/s1. The third-order valence-electron chi connectivity index (χ3n) is 5.56. The Hall–Kier alpha value is -1.69. The molecule has 3 atom stereocenters. The van der Waals surface area contributed by atoms with Gasteiger partial charge in [-0.25, -0.2) is 4.98 Å². The Morgan fingerprint density at radius 2 is 1.93 bits per heavy atom. The predicted octanol–water partition coefficient (Wildman–Crippen LogP) is 4.37. The molecule has 2 aromatic rings. The highest BCUT2D eigenvalue weighted by Crippen LogP contribution is 2.45. The second-order valence-corrected chi connectivity index (χ2v) is 9.29. The summed E-state index contributed by atoms with van der Waals surface area (Å²) in [5, 5.41) is 14.9. The molecule has 2 N–H and O–H groups in total. The van der Waals surface area contributed by atoms with E-state index in [1.807, 2.05) is 6.92 Å². The molecule has 5 heteroatoms. The largest absolute Gasteiger partial charge is 0.394 e. The summed E-state index contributed by atoms with van der Waals surface area (Å²) in [6, 6.07) is 9.14. The van der Waals surface area contributed by atoms with Crippen molar-refractivity contribution in [1.82, 2.24) is 10.3 Å². The molecule has 1 aliphatic heterocycles. The van der Waals surface area contributed by atoms with Gasteiger partial charge in [-0.1, -0.05) is 50.3 Å². The molecule has 1 aromatic heterocycles. The van der Waals surface area contributed by atoms with Crippen LogP contribution in [0.2, 0.25) is 0 Å². The van der Waals surface area contributed by atoms with Gasteiger partial charge in [-0.05, 0) is 44.4 Å². The number of hydrogen-bond donors (Lipinski definition) is 2. The number of rotatable bonds is 8. The van der Waals surface area contributed by atoms with Crippen molar-refractivity contribution in [2.24, 2.45) is 5.92 Å². The molecule has 0 spiro atoms. The van der Waals surface area contributed by atoms with Crippen molar-refractivity contribution >= 4 is 22.5 Å². The lowest BCUT2D eigenvalue weighted by Gasteiger charge is -2.55. The van der Waals surface area contributed by atoms with Crippen LogP contribution in [0.15, 0.2) is 30.3 Å². The van der Waals surface area contributed by atoms with Crippen LogP contribution in [-0.4, -0.2) is 41.9 Å². The number of aliphatic hydroxyl groups is 1. The summed E-state index contributed by atoms with van der Waals surface area (Å²) in [5.74, 6) is 0.916. The van der Waals surface area contributed by atoms with Gasteiger partial charge in [-0.2, -0.15) is 0 Å². The number of benzene rings is 1. The van der Waals surface area contributed by atoms with Crippen molar-refractivity contribution < 1.29 is 5.11 Å². The lowest BCUT2D eigenvalue weighted by atomic mass is 9.75. The summed E-state index contributed by atoms with van der Waals surface area (Å²) < 4.78 is 0. The molecule has 3 rings (SSSR count). The van der Waals surface area contributed by atoms with E-state index in [9.17, 15) is 5.11 Å². The molecule has 1 saturated heterocycles. The van der Waals surface area contributed by atoms with Gasteiger partial charge in [0.15, 0.2) is 5.13 Å². The molecule has 1 fully saturated rings. The van der Waals surface area contributed by atoms with Gasteiger partial charge in [0.1, 0.15) is 0 Å². The number of nitrogens with one attached hydrogen (secondary N) is 1. The first-order chi connectivity index (χ1) is 13.5. The molecule has 1 aliphatic rings. The van der Waals surface area contributed by atoms with Crippen molar-refractivity contribution in [2.45, 2.75) is 52.6 Å². The Kier molecular flexibility index (Phi) is 6.91. The maximum Gasteiger partial charge on any atom is 0.186 e. The van der Waals surface area contributed by atoms with Gasteiger partial charge >= 0.3 is 0 Å². The summed E-state index contributed by atoms with van der Waals surface area (Å²) >= 11 is 1.73. The predicted molar refractivity (Wildman–Crippen MR) is 120 cm³/mol. The van der Waals surface area contributed by atoms with Crippen molar-refractivity contribution in [2.75, 3.05) is 24.6 Å². The van der Waals surface area contributed by atoms with Crippen LogP contribution >= 0.6 is 11.3 Å². The summed E-state index contributed by atoms with van der Waals surface area (Å²) in [5.41, 5.74) is 3.60. The Bertz CT molecular complexity index is 777. The van der Waals surface area contributed by atoms with E-state index >= 15 is 0 Å². The number of allylic oxidation sites excluding steroid dienone is 1. The number of aromatic nitrogens is 1. The minimum Gasteiger partial charge on any atom is -0.394 e. The van der Waals surface area contributed by atoms with Gasteiger partial charge in [0.25, 0.3) is 0 Å². The second kappa shape index (κ2) is 9.21. The maximum absolute atomic E-state index is 10.2. The molecular weight excluding hydrogens is 366 g/mol. The number of aryl methyl sites for hydroxylation is 2. The van der Waals surface area contributed by atoms with E-state index in [1.165, 1.54) is 16.0 Å². The number of nitrogens with zero attached hydrogens (tertiary/aromatic N) is 2. The van der Waals surface area contributed by atoms with Gasteiger partial charge in [-0.3, -0.25) is 0 Å². The Morgan fingerprint density at radius 1 is 1.21 bits per heavy atom. The second-order valence-electron chi connectivity index (χ2n) is 8.11. The van der Waals surface area contributed by atoms with E-state index in [1.54, 1.807) is 11.3 Å². The Balaban J connectivity index is 1.87. The van der Waals surface area contributed by atoms with E-state index < -0.39 is 0 Å². The van der Waals surface area contributed by atoms with Gasteiger partial charge in [0.05, 0.1) is 24.4 Å². The van der Waals surface area contributed by atoms with Crippen LogP contribution in [0, 0.1) is 19.8 Å². The Labute approximate surface area is 173 Å². The molecule has 0 aliphatic carbocycles. The van der Waals surface area contributed by atoms with Gasteiger partial charge in [0, 0.05) is 17.3 Å². The summed E-state index contributed by atoms with van der Waals surface area (Å²) in [4.78, 5) is 8.37. The molecule has 28 heavy (non-hydrogen) atoms. The molecular formula is C23H33N3OS. The minimum absolute atomic E-state index is 0.0726. The lowest BCUT2D eigenvalue weighted by molar-refractivity contribution is 0.167. The molecule has 0 amide bonds. The van der Waals surface area contributed by atoms with Crippen LogP contribution in [-0.2, 0) is 0 Å². The SMILES string of the molecule is C/C=C/c1ccc([C@H]2[C@@H](CO)N(c3nc(C)c(C)s3)[C@@H]2CNCC(C)C)cc1. The molecule has 0 bridgehead atoms. The summed E-state index contributed by atoms with van der Waals surface area (Å²) in [6.07, 6.45) is 4.17. The summed E-state index contributed by atoms with van der Waals surface area (Å²) in [7, 11) is 0. The first kappa shape index (κ1) is 21.0. The van der Waals surface area contributed by atoms with Crippen LogP contribution in [0.25, 0.3) is 6.08 Å². The molecule has 0 saturated carbocycles. The number of hydrogen-bond acceptors (Lipinski definition) is 5. The van der Waals surface area contributed by atoms with E-state index in [2.05, 4.69) is 74.3 Å².